The number of likely N-dealkylation sites (tertiary alicyclic amines) is 1. The summed E-state index contributed by atoms with van der Waals surface area (Å²) in [6, 6.07) is 8.54. The van der Waals surface area contributed by atoms with Crippen LogP contribution in [0.3, 0.4) is 0 Å². The van der Waals surface area contributed by atoms with Crippen molar-refractivity contribution in [1.82, 2.24) is 24.6 Å². The van der Waals surface area contributed by atoms with E-state index in [1.54, 1.807) is 0 Å². The van der Waals surface area contributed by atoms with E-state index in [1.807, 2.05) is 61.8 Å². The Balaban J connectivity index is 1.20. The molecule has 5 rings (SSSR count). The molecule has 1 aliphatic carbocycles. The number of carbonyl (C=O) groups is 1. The van der Waals surface area contributed by atoms with Gasteiger partial charge in [0.15, 0.2) is 0 Å². The molecule has 2 aliphatic rings. The van der Waals surface area contributed by atoms with Gasteiger partial charge in [0.2, 0.25) is 5.95 Å². The summed E-state index contributed by atoms with van der Waals surface area (Å²) in [5.74, 6) is 1.49. The van der Waals surface area contributed by atoms with E-state index in [-0.39, 0.29) is 11.5 Å². The molecule has 1 saturated carbocycles. The number of nitrogens with one attached hydrogen (secondary N) is 1. The molecular formula is C28H39N7O2. The van der Waals surface area contributed by atoms with E-state index in [0.717, 1.165) is 73.3 Å². The maximum Gasteiger partial charge on any atom is 0.410 e. The molecule has 3 aromatic rings. The summed E-state index contributed by atoms with van der Waals surface area (Å²) in [6.45, 7) is 9.44. The smallest absolute Gasteiger partial charge is 0.410 e. The predicted molar refractivity (Wildman–Crippen MR) is 146 cm³/mol. The molecule has 1 spiro atoms. The molecular weight excluding hydrogens is 466 g/mol. The Kier molecular flexibility index (Phi) is 6.50. The lowest BCUT2D eigenvalue weighted by Gasteiger charge is -2.41. The third-order valence-electron chi connectivity index (χ3n) is 8.04. The highest BCUT2D eigenvalue weighted by atomic mass is 16.6. The Morgan fingerprint density at radius 2 is 1.95 bits per heavy atom. The molecule has 0 atom stereocenters. The first-order valence-corrected chi connectivity index (χ1v) is 13.3. The molecule has 1 N–H and O–H groups in total. The van der Waals surface area contributed by atoms with Gasteiger partial charge in [-0.2, -0.15) is 10.1 Å². The normalized spacial score (nSPS) is 22.0. The van der Waals surface area contributed by atoms with Gasteiger partial charge in [-0.15, -0.1) is 0 Å². The van der Waals surface area contributed by atoms with Crippen LogP contribution in [0.1, 0.15) is 58.6 Å². The second-order valence-electron chi connectivity index (χ2n) is 11.8. The minimum Gasteiger partial charge on any atom is -0.444 e. The molecule has 0 bridgehead atoms. The fraction of sp³-hybridized carbons (Fsp3) is 0.571. The van der Waals surface area contributed by atoms with Crippen LogP contribution in [0.5, 0.6) is 0 Å². The third-order valence-corrected chi connectivity index (χ3v) is 8.04. The number of hydrogen-bond acceptors (Lipinski definition) is 7. The molecule has 198 valence electrons. The molecule has 0 unspecified atom stereocenters. The second-order valence-corrected chi connectivity index (χ2v) is 11.8. The fourth-order valence-corrected chi connectivity index (χ4v) is 5.76. The zero-order chi connectivity index (χ0) is 26.4. The Labute approximate surface area is 219 Å². The van der Waals surface area contributed by atoms with Crippen LogP contribution in [0.4, 0.5) is 22.2 Å². The first-order valence-electron chi connectivity index (χ1n) is 13.3. The van der Waals surface area contributed by atoms with E-state index in [1.165, 1.54) is 0 Å². The van der Waals surface area contributed by atoms with Crippen LogP contribution in [0, 0.1) is 12.3 Å². The Bertz CT molecular complexity index is 1290. The van der Waals surface area contributed by atoms with Crippen molar-refractivity contribution < 1.29 is 9.53 Å². The summed E-state index contributed by atoms with van der Waals surface area (Å²) >= 11 is 0. The highest BCUT2D eigenvalue weighted by Crippen LogP contribution is 2.45. The van der Waals surface area contributed by atoms with E-state index >= 15 is 0 Å². The fourth-order valence-electron chi connectivity index (χ4n) is 5.76. The highest BCUT2D eigenvalue weighted by Gasteiger charge is 2.44. The van der Waals surface area contributed by atoms with E-state index in [2.05, 4.69) is 40.3 Å². The van der Waals surface area contributed by atoms with Crippen molar-refractivity contribution in [2.24, 2.45) is 12.5 Å². The molecule has 1 aromatic carbocycles. The van der Waals surface area contributed by atoms with Crippen LogP contribution >= 0.6 is 0 Å². The SMILES string of the molecule is Cc1c2ccc(Nc3nccc(N(C)C4CCC5(CC4)CCN(C(=O)OC(C)(C)C)C5)n3)cc2nn1C. The average molecular weight is 506 g/mol. The minimum atomic E-state index is -0.456. The van der Waals surface area contributed by atoms with E-state index in [9.17, 15) is 4.79 Å². The molecule has 2 fully saturated rings. The molecule has 3 heterocycles. The number of nitrogens with zero attached hydrogens (tertiary/aromatic N) is 6. The van der Waals surface area contributed by atoms with Crippen LogP contribution in [-0.2, 0) is 11.8 Å². The van der Waals surface area contributed by atoms with Crippen LogP contribution in [-0.4, -0.2) is 62.5 Å². The number of benzene rings is 1. The van der Waals surface area contributed by atoms with E-state index in [0.29, 0.717) is 12.0 Å². The zero-order valence-corrected chi connectivity index (χ0v) is 22.9. The van der Waals surface area contributed by atoms with Crippen molar-refractivity contribution in [3.8, 4) is 0 Å². The molecule has 9 nitrogen and oxygen atoms in total. The Morgan fingerprint density at radius 1 is 1.19 bits per heavy atom. The van der Waals surface area contributed by atoms with Gasteiger partial charge < -0.3 is 19.9 Å². The monoisotopic (exact) mass is 505 g/mol. The third kappa shape index (κ3) is 5.36. The molecule has 1 aliphatic heterocycles. The number of amides is 1. The number of anilines is 3. The van der Waals surface area contributed by atoms with Crippen LogP contribution < -0.4 is 10.2 Å². The van der Waals surface area contributed by atoms with Gasteiger partial charge in [-0.1, -0.05) is 0 Å². The van der Waals surface area contributed by atoms with E-state index in [4.69, 9.17) is 9.72 Å². The first kappa shape index (κ1) is 25.3. The molecule has 1 amide bonds. The summed E-state index contributed by atoms with van der Waals surface area (Å²) in [6.07, 6.45) is 7.08. The largest absolute Gasteiger partial charge is 0.444 e. The van der Waals surface area contributed by atoms with Gasteiger partial charge in [-0.3, -0.25) is 4.68 Å². The van der Waals surface area contributed by atoms with Crippen LogP contribution in [0.25, 0.3) is 10.9 Å². The van der Waals surface area contributed by atoms with Crippen molar-refractivity contribution in [3.05, 3.63) is 36.2 Å². The van der Waals surface area contributed by atoms with Crippen molar-refractivity contribution in [2.75, 3.05) is 30.4 Å². The first-order chi connectivity index (χ1) is 17.5. The minimum absolute atomic E-state index is 0.179. The summed E-state index contributed by atoms with van der Waals surface area (Å²) < 4.78 is 7.51. The maximum atomic E-state index is 12.6. The second kappa shape index (κ2) is 9.50. The van der Waals surface area contributed by atoms with Gasteiger partial charge in [-0.25, -0.2) is 9.78 Å². The lowest BCUT2D eigenvalue weighted by atomic mass is 9.71. The van der Waals surface area contributed by atoms with Gasteiger partial charge in [0.05, 0.1) is 5.52 Å². The van der Waals surface area contributed by atoms with Gasteiger partial charge in [-0.05, 0) is 89.5 Å². The van der Waals surface area contributed by atoms with Gasteiger partial charge >= 0.3 is 6.09 Å². The zero-order valence-electron chi connectivity index (χ0n) is 22.9. The standard InChI is InChI=1S/C28H39N7O2/c1-19-22-8-7-20(17-23(22)32-34(19)6)30-25-29-15-11-24(31-25)33(5)21-9-12-28(13-10-21)14-16-35(18-28)26(36)37-27(2,3)4/h7-8,11,15,17,21H,9-10,12-14,16,18H2,1-6H3,(H,29,30,31). The topological polar surface area (TPSA) is 88.4 Å². The summed E-state index contributed by atoms with van der Waals surface area (Å²) in [4.78, 5) is 26.0. The summed E-state index contributed by atoms with van der Waals surface area (Å²) in [5, 5.41) is 9.07. The van der Waals surface area contributed by atoms with Crippen molar-refractivity contribution in [3.63, 3.8) is 0 Å². The number of hydrogen-bond donors (Lipinski definition) is 1. The van der Waals surface area contributed by atoms with Crippen LogP contribution in [0.2, 0.25) is 0 Å². The summed E-state index contributed by atoms with van der Waals surface area (Å²) in [5.41, 5.74) is 2.77. The van der Waals surface area contributed by atoms with Gasteiger partial charge in [0, 0.05) is 56.2 Å². The number of carbonyl (C=O) groups excluding carboxylic acids is 1. The molecule has 2 aromatic heterocycles. The predicted octanol–water partition coefficient (Wildman–Crippen LogP) is 5.42. The Morgan fingerprint density at radius 3 is 2.68 bits per heavy atom. The number of rotatable bonds is 4. The number of aromatic nitrogens is 4. The lowest BCUT2D eigenvalue weighted by Crippen LogP contribution is -2.41. The maximum absolute atomic E-state index is 12.6. The quantitative estimate of drug-likeness (QED) is 0.506. The summed E-state index contributed by atoms with van der Waals surface area (Å²) in [7, 11) is 4.08. The molecule has 37 heavy (non-hydrogen) atoms. The molecule has 0 radical (unpaired) electrons. The van der Waals surface area contributed by atoms with Crippen molar-refractivity contribution in [2.45, 2.75) is 71.4 Å². The Hall–Kier alpha value is -3.36. The number of fused-ring (bicyclic) bond motifs is 1. The highest BCUT2D eigenvalue weighted by molar-refractivity contribution is 5.85. The number of aryl methyl sites for hydroxylation is 2. The van der Waals surface area contributed by atoms with Gasteiger partial charge in [0.25, 0.3) is 0 Å². The van der Waals surface area contributed by atoms with Gasteiger partial charge in [0.1, 0.15) is 11.4 Å². The molecule has 1 saturated heterocycles. The number of ether oxygens (including phenoxy) is 1. The lowest BCUT2D eigenvalue weighted by molar-refractivity contribution is 0.0261. The van der Waals surface area contributed by atoms with Crippen molar-refractivity contribution >= 4 is 34.4 Å². The van der Waals surface area contributed by atoms with E-state index < -0.39 is 5.60 Å². The molecule has 9 heteroatoms. The average Bonchev–Trinajstić information content (AvgIpc) is 3.39. The van der Waals surface area contributed by atoms with Crippen molar-refractivity contribution in [1.29, 1.82) is 0 Å². The van der Waals surface area contributed by atoms with Crippen LogP contribution in [0.15, 0.2) is 30.5 Å².